The van der Waals surface area contributed by atoms with Crippen LogP contribution < -0.4 is 5.73 Å². The predicted molar refractivity (Wildman–Crippen MR) is 73.2 cm³/mol. The van der Waals surface area contributed by atoms with Gasteiger partial charge in [-0.05, 0) is 50.7 Å². The van der Waals surface area contributed by atoms with Crippen LogP contribution in [-0.4, -0.2) is 50.1 Å². The van der Waals surface area contributed by atoms with Crippen LogP contribution in [0.3, 0.4) is 0 Å². The number of likely N-dealkylation sites (N-methyl/N-ethyl adjacent to an activating group) is 1. The summed E-state index contributed by atoms with van der Waals surface area (Å²) in [6.45, 7) is 4.74. The van der Waals surface area contributed by atoms with Crippen LogP contribution in [0.25, 0.3) is 0 Å². The van der Waals surface area contributed by atoms with Crippen molar-refractivity contribution in [2.24, 2.45) is 0 Å². The summed E-state index contributed by atoms with van der Waals surface area (Å²) in [6.07, 6.45) is 1.28. The molecule has 17 heavy (non-hydrogen) atoms. The van der Waals surface area contributed by atoms with Gasteiger partial charge in [0.2, 0.25) is 0 Å². The molecule has 1 aliphatic heterocycles. The van der Waals surface area contributed by atoms with E-state index < -0.39 is 0 Å². The van der Waals surface area contributed by atoms with E-state index in [1.807, 2.05) is 12.1 Å². The Morgan fingerprint density at radius 2 is 2.00 bits per heavy atom. The molecule has 2 N–H and O–H groups in total. The molecule has 1 heterocycles. The Balaban J connectivity index is 1.87. The normalized spacial score (nSPS) is 21.2. The molecule has 1 unspecified atom stereocenters. The number of likely N-dealkylation sites (tertiary alicyclic amines) is 1. The van der Waals surface area contributed by atoms with Crippen molar-refractivity contribution in [3.8, 4) is 0 Å². The molecule has 1 saturated heterocycles. The smallest absolute Gasteiger partial charge is 0.0314 e. The Morgan fingerprint density at radius 3 is 2.65 bits per heavy atom. The molecule has 94 valence electrons. The Bertz CT molecular complexity index is 345. The van der Waals surface area contributed by atoms with Gasteiger partial charge in [-0.3, -0.25) is 0 Å². The van der Waals surface area contributed by atoms with E-state index in [0.717, 1.165) is 12.2 Å². The van der Waals surface area contributed by atoms with Gasteiger partial charge in [-0.2, -0.15) is 0 Å². The van der Waals surface area contributed by atoms with Crippen LogP contribution in [0.1, 0.15) is 17.9 Å². The molecule has 1 fully saturated rings. The van der Waals surface area contributed by atoms with Gasteiger partial charge in [0.1, 0.15) is 0 Å². The number of rotatable bonds is 4. The van der Waals surface area contributed by atoms with E-state index in [0.29, 0.717) is 5.92 Å². The molecule has 1 aromatic carbocycles. The summed E-state index contributed by atoms with van der Waals surface area (Å²) in [6, 6.07) is 8.38. The third-order valence-electron chi connectivity index (χ3n) is 3.54. The number of nitrogens with two attached hydrogens (primary N) is 1. The maximum absolute atomic E-state index is 5.72. The van der Waals surface area contributed by atoms with Gasteiger partial charge in [-0.15, -0.1) is 0 Å². The third kappa shape index (κ3) is 3.45. The molecular formula is C14H23N3. The summed E-state index contributed by atoms with van der Waals surface area (Å²) in [5.74, 6) is 0.692. The van der Waals surface area contributed by atoms with Crippen LogP contribution in [0, 0.1) is 0 Å². The maximum atomic E-state index is 5.72. The highest BCUT2D eigenvalue weighted by Crippen LogP contribution is 2.27. The average molecular weight is 233 g/mol. The Hall–Kier alpha value is -1.06. The number of hydrogen-bond acceptors (Lipinski definition) is 3. The summed E-state index contributed by atoms with van der Waals surface area (Å²) in [5.41, 5.74) is 8.01. The zero-order valence-corrected chi connectivity index (χ0v) is 10.9. The van der Waals surface area contributed by atoms with Crippen LogP contribution in [0.4, 0.5) is 5.69 Å². The minimum Gasteiger partial charge on any atom is -0.399 e. The number of hydrogen-bond donors (Lipinski definition) is 1. The van der Waals surface area contributed by atoms with Crippen LogP contribution >= 0.6 is 0 Å². The number of nitrogen functional groups attached to an aromatic ring is 1. The van der Waals surface area contributed by atoms with E-state index in [2.05, 4.69) is 36.0 Å². The van der Waals surface area contributed by atoms with Gasteiger partial charge in [0.15, 0.2) is 0 Å². The fraction of sp³-hybridized carbons (Fsp3) is 0.571. The van der Waals surface area contributed by atoms with E-state index in [1.54, 1.807) is 0 Å². The molecule has 0 radical (unpaired) electrons. The third-order valence-corrected chi connectivity index (χ3v) is 3.54. The fourth-order valence-electron chi connectivity index (χ4n) is 2.42. The second-order valence-electron chi connectivity index (χ2n) is 5.26. The summed E-state index contributed by atoms with van der Waals surface area (Å²) < 4.78 is 0. The lowest BCUT2D eigenvalue weighted by atomic mass is 9.98. The maximum Gasteiger partial charge on any atom is 0.0314 e. The van der Waals surface area contributed by atoms with Crippen molar-refractivity contribution in [1.82, 2.24) is 9.80 Å². The molecule has 1 atom stereocenters. The zero-order chi connectivity index (χ0) is 12.3. The van der Waals surface area contributed by atoms with E-state index in [9.17, 15) is 0 Å². The van der Waals surface area contributed by atoms with Crippen LogP contribution in [0.5, 0.6) is 0 Å². The molecule has 0 saturated carbocycles. The molecule has 0 aliphatic carbocycles. The Morgan fingerprint density at radius 1 is 1.29 bits per heavy atom. The van der Waals surface area contributed by atoms with Gasteiger partial charge in [-0.25, -0.2) is 0 Å². The molecule has 0 spiro atoms. The molecule has 2 rings (SSSR count). The van der Waals surface area contributed by atoms with Gasteiger partial charge in [-0.1, -0.05) is 12.1 Å². The SMILES string of the molecule is CN(C)CCN1CCC(c2ccc(N)cc2)C1. The van der Waals surface area contributed by atoms with E-state index in [4.69, 9.17) is 5.73 Å². The van der Waals surface area contributed by atoms with Crippen molar-refractivity contribution < 1.29 is 0 Å². The highest BCUT2D eigenvalue weighted by Gasteiger charge is 2.23. The van der Waals surface area contributed by atoms with Crippen LogP contribution in [0.15, 0.2) is 24.3 Å². The number of benzene rings is 1. The molecule has 3 heteroatoms. The molecule has 0 aromatic heterocycles. The molecule has 0 bridgehead atoms. The topological polar surface area (TPSA) is 32.5 Å². The molecule has 0 amide bonds. The minimum atomic E-state index is 0.692. The van der Waals surface area contributed by atoms with Gasteiger partial charge in [0.25, 0.3) is 0 Å². The summed E-state index contributed by atoms with van der Waals surface area (Å²) in [4.78, 5) is 4.80. The molecule has 1 aliphatic rings. The van der Waals surface area contributed by atoms with Crippen molar-refractivity contribution in [3.63, 3.8) is 0 Å². The van der Waals surface area contributed by atoms with E-state index >= 15 is 0 Å². The lowest BCUT2D eigenvalue weighted by Crippen LogP contribution is -2.29. The first-order valence-corrected chi connectivity index (χ1v) is 6.37. The molecule has 3 nitrogen and oxygen atoms in total. The first-order valence-electron chi connectivity index (χ1n) is 6.37. The Labute approximate surface area is 104 Å². The second kappa shape index (κ2) is 5.52. The Kier molecular flexibility index (Phi) is 4.02. The zero-order valence-electron chi connectivity index (χ0n) is 10.9. The lowest BCUT2D eigenvalue weighted by molar-refractivity contribution is 0.281. The average Bonchev–Trinajstić information content (AvgIpc) is 2.76. The monoisotopic (exact) mass is 233 g/mol. The minimum absolute atomic E-state index is 0.692. The largest absolute Gasteiger partial charge is 0.399 e. The van der Waals surface area contributed by atoms with Gasteiger partial charge >= 0.3 is 0 Å². The summed E-state index contributed by atoms with van der Waals surface area (Å²) in [5, 5.41) is 0. The van der Waals surface area contributed by atoms with Crippen molar-refractivity contribution in [3.05, 3.63) is 29.8 Å². The lowest BCUT2D eigenvalue weighted by Gasteiger charge is -2.18. The molecule has 1 aromatic rings. The highest BCUT2D eigenvalue weighted by molar-refractivity contribution is 5.40. The number of nitrogens with zero attached hydrogens (tertiary/aromatic N) is 2. The van der Waals surface area contributed by atoms with Crippen LogP contribution in [-0.2, 0) is 0 Å². The second-order valence-corrected chi connectivity index (χ2v) is 5.26. The van der Waals surface area contributed by atoms with Crippen molar-refractivity contribution >= 4 is 5.69 Å². The standard InChI is InChI=1S/C14H23N3/c1-16(2)9-10-17-8-7-13(11-17)12-3-5-14(15)6-4-12/h3-6,13H,7-11,15H2,1-2H3. The van der Waals surface area contributed by atoms with Gasteiger partial charge in [0.05, 0.1) is 0 Å². The first-order chi connectivity index (χ1) is 8.15. The van der Waals surface area contributed by atoms with Crippen molar-refractivity contribution in [1.29, 1.82) is 0 Å². The van der Waals surface area contributed by atoms with Crippen molar-refractivity contribution in [2.75, 3.05) is 46.0 Å². The first kappa shape index (κ1) is 12.4. The fourth-order valence-corrected chi connectivity index (χ4v) is 2.42. The summed E-state index contributed by atoms with van der Waals surface area (Å²) >= 11 is 0. The van der Waals surface area contributed by atoms with E-state index in [1.165, 1.54) is 31.6 Å². The number of anilines is 1. The predicted octanol–water partition coefficient (Wildman–Crippen LogP) is 1.62. The van der Waals surface area contributed by atoms with Gasteiger partial charge < -0.3 is 15.5 Å². The van der Waals surface area contributed by atoms with E-state index in [-0.39, 0.29) is 0 Å². The van der Waals surface area contributed by atoms with Gasteiger partial charge in [0, 0.05) is 25.3 Å². The quantitative estimate of drug-likeness (QED) is 0.802. The van der Waals surface area contributed by atoms with Crippen LogP contribution in [0.2, 0.25) is 0 Å². The molecular weight excluding hydrogens is 210 g/mol. The summed E-state index contributed by atoms with van der Waals surface area (Å²) in [7, 11) is 4.26. The van der Waals surface area contributed by atoms with Crippen molar-refractivity contribution in [2.45, 2.75) is 12.3 Å². The highest BCUT2D eigenvalue weighted by atomic mass is 15.2.